The van der Waals surface area contributed by atoms with Crippen molar-refractivity contribution in [2.75, 3.05) is 19.8 Å². The average molecular weight is 329 g/mol. The predicted molar refractivity (Wildman–Crippen MR) is 68.1 cm³/mol. The van der Waals surface area contributed by atoms with E-state index in [-0.39, 0.29) is 30.3 Å². The molecule has 1 aromatic heterocycles. The zero-order valence-electron chi connectivity index (χ0n) is 10.5. The molecule has 0 aliphatic carbocycles. The Kier molecular flexibility index (Phi) is 4.73. The SMILES string of the molecule is O=S(=O)(c1cccs1)N(CC(F)(F)F)C1CCOCC1. The van der Waals surface area contributed by atoms with Gasteiger partial charge in [-0.3, -0.25) is 0 Å². The van der Waals surface area contributed by atoms with Crippen LogP contribution in [0.5, 0.6) is 0 Å². The van der Waals surface area contributed by atoms with Crippen LogP contribution in [-0.4, -0.2) is 44.7 Å². The van der Waals surface area contributed by atoms with Crippen molar-refractivity contribution in [3.05, 3.63) is 17.5 Å². The first-order chi connectivity index (χ1) is 9.31. The van der Waals surface area contributed by atoms with Crippen molar-refractivity contribution in [2.24, 2.45) is 0 Å². The van der Waals surface area contributed by atoms with Crippen LogP contribution in [-0.2, 0) is 14.8 Å². The minimum atomic E-state index is -4.57. The highest BCUT2D eigenvalue weighted by atomic mass is 32.2. The van der Waals surface area contributed by atoms with Gasteiger partial charge in [-0.15, -0.1) is 11.3 Å². The monoisotopic (exact) mass is 329 g/mol. The number of hydrogen-bond donors (Lipinski definition) is 0. The summed E-state index contributed by atoms with van der Waals surface area (Å²) < 4.78 is 68.4. The maximum atomic E-state index is 12.7. The van der Waals surface area contributed by atoms with Crippen molar-refractivity contribution >= 4 is 21.4 Å². The molecular weight excluding hydrogens is 315 g/mol. The van der Waals surface area contributed by atoms with E-state index in [0.29, 0.717) is 4.31 Å². The molecule has 0 aromatic carbocycles. The van der Waals surface area contributed by atoms with Crippen LogP contribution in [0.4, 0.5) is 13.2 Å². The number of nitrogens with zero attached hydrogens (tertiary/aromatic N) is 1. The summed E-state index contributed by atoms with van der Waals surface area (Å²) in [6, 6.07) is 2.16. The van der Waals surface area contributed by atoms with Gasteiger partial charge in [0.15, 0.2) is 0 Å². The first kappa shape index (κ1) is 15.7. The van der Waals surface area contributed by atoms with Crippen LogP contribution in [0.2, 0.25) is 0 Å². The number of hydrogen-bond acceptors (Lipinski definition) is 4. The van der Waals surface area contributed by atoms with Gasteiger partial charge in [0.2, 0.25) is 0 Å². The van der Waals surface area contributed by atoms with E-state index in [9.17, 15) is 21.6 Å². The molecule has 1 aromatic rings. The Bertz CT molecular complexity index is 522. The van der Waals surface area contributed by atoms with Crippen molar-refractivity contribution in [3.63, 3.8) is 0 Å². The number of sulfonamides is 1. The molecule has 0 radical (unpaired) electrons. The predicted octanol–water partition coefficient (Wildman–Crippen LogP) is 2.48. The maximum Gasteiger partial charge on any atom is 0.402 e. The quantitative estimate of drug-likeness (QED) is 0.852. The van der Waals surface area contributed by atoms with Gasteiger partial charge in [0.25, 0.3) is 10.0 Å². The fourth-order valence-corrected chi connectivity index (χ4v) is 4.88. The van der Waals surface area contributed by atoms with Gasteiger partial charge in [-0.2, -0.15) is 17.5 Å². The summed E-state index contributed by atoms with van der Waals surface area (Å²) in [7, 11) is -4.11. The first-order valence-electron chi connectivity index (χ1n) is 6.00. The second-order valence-corrected chi connectivity index (χ2v) is 7.51. The smallest absolute Gasteiger partial charge is 0.381 e. The fraction of sp³-hybridized carbons (Fsp3) is 0.636. The van der Waals surface area contributed by atoms with E-state index < -0.39 is 28.8 Å². The van der Waals surface area contributed by atoms with Crippen LogP contribution in [0, 0.1) is 0 Å². The van der Waals surface area contributed by atoms with Crippen molar-refractivity contribution in [2.45, 2.75) is 29.3 Å². The molecule has 2 heterocycles. The molecule has 114 valence electrons. The number of ether oxygens (including phenoxy) is 1. The lowest BCUT2D eigenvalue weighted by molar-refractivity contribution is -0.141. The topological polar surface area (TPSA) is 46.6 Å². The molecule has 0 amide bonds. The van der Waals surface area contributed by atoms with Gasteiger partial charge >= 0.3 is 6.18 Å². The average Bonchev–Trinajstić information content (AvgIpc) is 2.90. The van der Waals surface area contributed by atoms with Gasteiger partial charge < -0.3 is 4.74 Å². The molecule has 0 atom stereocenters. The largest absolute Gasteiger partial charge is 0.402 e. The van der Waals surface area contributed by atoms with Gasteiger partial charge in [0, 0.05) is 19.3 Å². The van der Waals surface area contributed by atoms with Crippen LogP contribution in [0.3, 0.4) is 0 Å². The summed E-state index contributed by atoms with van der Waals surface area (Å²) in [6.07, 6.45) is -4.01. The normalized spacial score (nSPS) is 18.6. The fourth-order valence-electron chi connectivity index (χ4n) is 2.09. The van der Waals surface area contributed by atoms with E-state index in [1.165, 1.54) is 17.5 Å². The molecule has 0 N–H and O–H groups in total. The Labute approximate surface area is 119 Å². The Hall–Kier alpha value is -0.640. The van der Waals surface area contributed by atoms with Gasteiger partial charge in [-0.1, -0.05) is 6.07 Å². The molecule has 1 saturated heterocycles. The summed E-state index contributed by atoms with van der Waals surface area (Å²) in [5.74, 6) is 0. The lowest BCUT2D eigenvalue weighted by Gasteiger charge is -2.33. The summed E-state index contributed by atoms with van der Waals surface area (Å²) >= 11 is 0.920. The van der Waals surface area contributed by atoms with Crippen LogP contribution in [0.15, 0.2) is 21.7 Å². The molecular formula is C11H14F3NO3S2. The summed E-state index contributed by atoms with van der Waals surface area (Å²) in [5.41, 5.74) is 0. The summed E-state index contributed by atoms with van der Waals surface area (Å²) in [6.45, 7) is -0.907. The molecule has 0 spiro atoms. The molecule has 1 aliphatic heterocycles. The Morgan fingerprint density at radius 1 is 1.35 bits per heavy atom. The third kappa shape index (κ3) is 3.72. The molecule has 2 rings (SSSR count). The molecule has 0 unspecified atom stereocenters. The highest BCUT2D eigenvalue weighted by molar-refractivity contribution is 7.91. The minimum Gasteiger partial charge on any atom is -0.381 e. The highest BCUT2D eigenvalue weighted by Gasteiger charge is 2.41. The number of thiophene rings is 1. The van der Waals surface area contributed by atoms with Gasteiger partial charge in [-0.25, -0.2) is 8.42 Å². The number of rotatable bonds is 4. The van der Waals surface area contributed by atoms with Crippen molar-refractivity contribution < 1.29 is 26.3 Å². The number of alkyl halides is 3. The molecule has 9 heteroatoms. The van der Waals surface area contributed by atoms with Crippen molar-refractivity contribution in [1.29, 1.82) is 0 Å². The maximum absolute atomic E-state index is 12.7. The van der Waals surface area contributed by atoms with Crippen LogP contribution < -0.4 is 0 Å². The van der Waals surface area contributed by atoms with Gasteiger partial charge in [0.05, 0.1) is 0 Å². The second kappa shape index (κ2) is 6.00. The van der Waals surface area contributed by atoms with Crippen LogP contribution in [0.1, 0.15) is 12.8 Å². The lowest BCUT2D eigenvalue weighted by Crippen LogP contribution is -2.47. The third-order valence-electron chi connectivity index (χ3n) is 2.99. The Morgan fingerprint density at radius 2 is 2.00 bits per heavy atom. The van der Waals surface area contributed by atoms with E-state index in [1.54, 1.807) is 0 Å². The third-order valence-corrected chi connectivity index (χ3v) is 6.26. The second-order valence-electron chi connectivity index (χ2n) is 4.44. The molecule has 1 fully saturated rings. The van der Waals surface area contributed by atoms with Gasteiger partial charge in [-0.05, 0) is 24.3 Å². The van der Waals surface area contributed by atoms with E-state index in [0.717, 1.165) is 11.3 Å². The van der Waals surface area contributed by atoms with Crippen molar-refractivity contribution in [3.8, 4) is 0 Å². The zero-order valence-corrected chi connectivity index (χ0v) is 12.1. The molecule has 0 saturated carbocycles. The number of halogens is 3. The first-order valence-corrected chi connectivity index (χ1v) is 8.32. The van der Waals surface area contributed by atoms with Crippen LogP contribution in [0.25, 0.3) is 0 Å². The molecule has 1 aliphatic rings. The van der Waals surface area contributed by atoms with E-state index in [2.05, 4.69) is 0 Å². The van der Waals surface area contributed by atoms with Crippen molar-refractivity contribution in [1.82, 2.24) is 4.31 Å². The zero-order chi connectivity index (χ0) is 14.8. The Balaban J connectivity index is 2.30. The minimum absolute atomic E-state index is 0.0618. The summed E-state index contributed by atoms with van der Waals surface area (Å²) in [4.78, 5) is 0. The molecule has 4 nitrogen and oxygen atoms in total. The molecule has 0 bridgehead atoms. The molecule has 20 heavy (non-hydrogen) atoms. The lowest BCUT2D eigenvalue weighted by atomic mass is 10.1. The van der Waals surface area contributed by atoms with Crippen LogP contribution >= 0.6 is 11.3 Å². The van der Waals surface area contributed by atoms with E-state index in [4.69, 9.17) is 4.74 Å². The van der Waals surface area contributed by atoms with E-state index in [1.807, 2.05) is 0 Å². The summed E-state index contributed by atoms with van der Waals surface area (Å²) in [5, 5.41) is 1.53. The van der Waals surface area contributed by atoms with E-state index >= 15 is 0 Å². The highest BCUT2D eigenvalue weighted by Crippen LogP contribution is 2.30. The van der Waals surface area contributed by atoms with Gasteiger partial charge in [0.1, 0.15) is 10.8 Å². The standard InChI is InChI=1S/C11H14F3NO3S2/c12-11(13,14)8-15(9-3-5-18-6-4-9)20(16,17)10-2-1-7-19-10/h1-2,7,9H,3-6,8H2. The Morgan fingerprint density at radius 3 is 2.50 bits per heavy atom.